The zero-order valence-corrected chi connectivity index (χ0v) is 8.93. The number of hydrogen-bond acceptors (Lipinski definition) is 5. The minimum absolute atomic E-state index is 0.450. The molecule has 0 radical (unpaired) electrons. The van der Waals surface area contributed by atoms with E-state index < -0.39 is 0 Å². The first kappa shape index (κ1) is 9.36. The minimum Gasteiger partial charge on any atom is -0.363 e. The van der Waals surface area contributed by atoms with Crippen molar-refractivity contribution in [1.29, 1.82) is 0 Å². The number of anilines is 1. The van der Waals surface area contributed by atoms with Crippen LogP contribution in [0.3, 0.4) is 0 Å². The predicted molar refractivity (Wildman–Crippen MR) is 57.7 cm³/mol. The summed E-state index contributed by atoms with van der Waals surface area (Å²) < 4.78 is 0. The van der Waals surface area contributed by atoms with Crippen molar-refractivity contribution in [2.45, 2.75) is 0 Å². The normalized spacial score (nSPS) is 10.1. The summed E-state index contributed by atoms with van der Waals surface area (Å²) in [4.78, 5) is 3.97. The van der Waals surface area contributed by atoms with Crippen LogP contribution in [0.2, 0.25) is 5.15 Å². The van der Waals surface area contributed by atoms with E-state index in [-0.39, 0.29) is 0 Å². The van der Waals surface area contributed by atoms with Crippen molar-refractivity contribution in [3.63, 3.8) is 0 Å². The predicted octanol–water partition coefficient (Wildman–Crippen LogP) is 2.30. The van der Waals surface area contributed by atoms with E-state index in [0.717, 1.165) is 15.7 Å². The third kappa shape index (κ3) is 1.69. The van der Waals surface area contributed by atoms with Crippen molar-refractivity contribution in [2.24, 2.45) is 0 Å². The molecule has 2 heterocycles. The molecule has 2 aromatic rings. The van der Waals surface area contributed by atoms with Crippen molar-refractivity contribution >= 4 is 28.1 Å². The Balaban J connectivity index is 2.44. The number of nitrogens with zero attached hydrogens (tertiary/aromatic N) is 3. The fraction of sp³-hybridized carbons (Fsp3) is 0.125. The number of pyridine rings is 1. The van der Waals surface area contributed by atoms with E-state index in [1.807, 2.05) is 12.1 Å². The summed E-state index contributed by atoms with van der Waals surface area (Å²) in [5.41, 5.74) is 0.813. The second-order valence-electron chi connectivity index (χ2n) is 2.50. The molecule has 6 heteroatoms. The third-order valence-electron chi connectivity index (χ3n) is 1.63. The Kier molecular flexibility index (Phi) is 2.60. The van der Waals surface area contributed by atoms with E-state index >= 15 is 0 Å². The molecule has 0 aliphatic rings. The maximum absolute atomic E-state index is 5.92. The van der Waals surface area contributed by atoms with Gasteiger partial charge in [0.05, 0.1) is 0 Å². The van der Waals surface area contributed by atoms with Crippen LogP contribution in [0.5, 0.6) is 0 Å². The van der Waals surface area contributed by atoms with E-state index in [4.69, 9.17) is 11.6 Å². The highest BCUT2D eigenvalue weighted by Gasteiger charge is 2.09. The first-order valence-corrected chi connectivity index (χ1v) is 5.13. The first-order chi connectivity index (χ1) is 6.81. The summed E-state index contributed by atoms with van der Waals surface area (Å²) >= 11 is 7.36. The Morgan fingerprint density at radius 2 is 2.29 bits per heavy atom. The maximum atomic E-state index is 5.92. The van der Waals surface area contributed by atoms with Gasteiger partial charge in [0.25, 0.3) is 0 Å². The van der Waals surface area contributed by atoms with Gasteiger partial charge in [-0.15, -0.1) is 10.2 Å². The second kappa shape index (κ2) is 3.89. The van der Waals surface area contributed by atoms with Gasteiger partial charge < -0.3 is 5.32 Å². The summed E-state index contributed by atoms with van der Waals surface area (Å²) in [6.45, 7) is 0. The van der Waals surface area contributed by atoms with Gasteiger partial charge >= 0.3 is 0 Å². The molecule has 0 saturated carbocycles. The van der Waals surface area contributed by atoms with Gasteiger partial charge in [-0.25, -0.2) is 4.98 Å². The minimum atomic E-state index is 0.450. The van der Waals surface area contributed by atoms with Crippen LogP contribution in [0, 0.1) is 0 Å². The number of nitrogens with one attached hydrogen (secondary N) is 1. The lowest BCUT2D eigenvalue weighted by molar-refractivity contribution is 1.09. The van der Waals surface area contributed by atoms with Crippen LogP contribution in [0.1, 0.15) is 0 Å². The smallest absolute Gasteiger partial charge is 0.205 e. The Morgan fingerprint density at radius 1 is 1.43 bits per heavy atom. The van der Waals surface area contributed by atoms with Crippen molar-refractivity contribution in [1.82, 2.24) is 15.2 Å². The molecular formula is C8H7ClN4S. The Morgan fingerprint density at radius 3 is 2.93 bits per heavy atom. The van der Waals surface area contributed by atoms with Crippen LogP contribution in [0.25, 0.3) is 10.6 Å². The van der Waals surface area contributed by atoms with Crippen molar-refractivity contribution in [3.8, 4) is 10.6 Å². The maximum Gasteiger partial charge on any atom is 0.205 e. The summed E-state index contributed by atoms with van der Waals surface area (Å²) in [7, 11) is 1.80. The van der Waals surface area contributed by atoms with E-state index in [9.17, 15) is 0 Å². The number of hydrogen-bond donors (Lipinski definition) is 1. The molecule has 0 atom stereocenters. The van der Waals surface area contributed by atoms with Gasteiger partial charge in [-0.05, 0) is 12.1 Å². The van der Waals surface area contributed by atoms with E-state index in [0.29, 0.717) is 5.15 Å². The molecule has 1 N–H and O–H groups in total. The molecule has 0 amide bonds. The Bertz CT molecular complexity index is 442. The average Bonchev–Trinajstić information content (AvgIpc) is 2.67. The fourth-order valence-corrected chi connectivity index (χ4v) is 1.97. The molecule has 2 rings (SSSR count). The van der Waals surface area contributed by atoms with Crippen LogP contribution in [-0.4, -0.2) is 22.2 Å². The topological polar surface area (TPSA) is 50.7 Å². The quantitative estimate of drug-likeness (QED) is 0.799. The molecule has 0 unspecified atom stereocenters. The summed E-state index contributed by atoms with van der Waals surface area (Å²) in [6.07, 6.45) is 1.64. The zero-order valence-electron chi connectivity index (χ0n) is 7.36. The molecule has 0 saturated heterocycles. The summed E-state index contributed by atoms with van der Waals surface area (Å²) in [5.74, 6) is 0. The molecule has 0 spiro atoms. The van der Waals surface area contributed by atoms with Gasteiger partial charge in [-0.1, -0.05) is 22.9 Å². The van der Waals surface area contributed by atoms with Crippen molar-refractivity contribution in [2.75, 3.05) is 12.4 Å². The lowest BCUT2D eigenvalue weighted by atomic mass is 10.3. The number of halogens is 1. The molecule has 0 aromatic carbocycles. The third-order valence-corrected chi connectivity index (χ3v) is 2.90. The molecule has 0 fully saturated rings. The lowest BCUT2D eigenvalue weighted by Crippen LogP contribution is -1.84. The van der Waals surface area contributed by atoms with E-state index in [1.165, 1.54) is 11.3 Å². The van der Waals surface area contributed by atoms with Crippen LogP contribution in [-0.2, 0) is 0 Å². The van der Waals surface area contributed by atoms with Crippen LogP contribution < -0.4 is 5.32 Å². The highest BCUT2D eigenvalue weighted by molar-refractivity contribution is 7.18. The van der Waals surface area contributed by atoms with E-state index in [2.05, 4.69) is 20.5 Å². The van der Waals surface area contributed by atoms with Gasteiger partial charge in [0.1, 0.15) is 5.15 Å². The summed E-state index contributed by atoms with van der Waals surface area (Å²) in [5, 5.41) is 12.8. The number of aromatic nitrogens is 3. The van der Waals surface area contributed by atoms with Gasteiger partial charge in [0, 0.05) is 18.8 Å². The van der Waals surface area contributed by atoms with Gasteiger partial charge in [0.15, 0.2) is 5.01 Å². The fourth-order valence-electron chi connectivity index (χ4n) is 0.979. The van der Waals surface area contributed by atoms with Crippen molar-refractivity contribution in [3.05, 3.63) is 23.5 Å². The van der Waals surface area contributed by atoms with Crippen molar-refractivity contribution < 1.29 is 0 Å². The zero-order chi connectivity index (χ0) is 9.97. The van der Waals surface area contributed by atoms with Crippen LogP contribution in [0.15, 0.2) is 18.3 Å². The monoisotopic (exact) mass is 226 g/mol. The van der Waals surface area contributed by atoms with Crippen LogP contribution in [0.4, 0.5) is 5.13 Å². The van der Waals surface area contributed by atoms with E-state index in [1.54, 1.807) is 13.2 Å². The standard InChI is InChI=1S/C8H7ClN4S/c1-10-8-13-12-7(14-8)5-3-2-4-11-6(5)9/h2-4H,1H3,(H,10,13). The molecule has 0 aliphatic heterocycles. The Hall–Kier alpha value is -1.20. The first-order valence-electron chi connectivity index (χ1n) is 3.93. The Labute approximate surface area is 90.0 Å². The highest BCUT2D eigenvalue weighted by atomic mass is 35.5. The summed E-state index contributed by atoms with van der Waals surface area (Å²) in [6, 6.07) is 3.69. The molecule has 14 heavy (non-hydrogen) atoms. The largest absolute Gasteiger partial charge is 0.363 e. The second-order valence-corrected chi connectivity index (χ2v) is 3.84. The lowest BCUT2D eigenvalue weighted by Gasteiger charge is -1.95. The van der Waals surface area contributed by atoms with Crippen LogP contribution >= 0.6 is 22.9 Å². The molecule has 0 bridgehead atoms. The molecule has 0 aliphatic carbocycles. The van der Waals surface area contributed by atoms with Gasteiger partial charge in [-0.3, -0.25) is 0 Å². The van der Waals surface area contributed by atoms with Gasteiger partial charge in [-0.2, -0.15) is 0 Å². The molecular weight excluding hydrogens is 220 g/mol. The van der Waals surface area contributed by atoms with Gasteiger partial charge in [0.2, 0.25) is 5.13 Å². The highest BCUT2D eigenvalue weighted by Crippen LogP contribution is 2.29. The molecule has 4 nitrogen and oxygen atoms in total. The molecule has 72 valence electrons. The SMILES string of the molecule is CNc1nnc(-c2cccnc2Cl)s1. The average molecular weight is 227 g/mol. The number of rotatable bonds is 2. The molecule has 2 aromatic heterocycles.